The third-order valence-electron chi connectivity index (χ3n) is 2.86. The number of nitrogens with one attached hydrogen (secondary N) is 1. The second-order valence-corrected chi connectivity index (χ2v) is 4.29. The van der Waals surface area contributed by atoms with Crippen molar-refractivity contribution in [3.8, 4) is 0 Å². The maximum Gasteiger partial charge on any atom is 0.416 e. The highest BCUT2D eigenvalue weighted by molar-refractivity contribution is 5.44. The van der Waals surface area contributed by atoms with Gasteiger partial charge in [-0.25, -0.2) is 0 Å². The number of nitrogens with zero attached hydrogens (tertiary/aromatic N) is 5. The lowest BCUT2D eigenvalue weighted by Crippen LogP contribution is -2.07. The second kappa shape index (κ2) is 5.00. The Kier molecular flexibility index (Phi) is 3.16. The van der Waals surface area contributed by atoms with Gasteiger partial charge in [-0.1, -0.05) is 12.1 Å². The Labute approximate surface area is 116 Å². The van der Waals surface area contributed by atoms with Gasteiger partial charge in [-0.05, 0) is 28.1 Å². The average Bonchev–Trinajstić information content (AvgIpc) is 2.93. The van der Waals surface area contributed by atoms with E-state index < -0.39 is 11.7 Å². The fourth-order valence-electron chi connectivity index (χ4n) is 1.80. The van der Waals surface area contributed by atoms with Crippen LogP contribution in [-0.2, 0) is 12.7 Å². The largest absolute Gasteiger partial charge is 0.416 e. The molecule has 2 heterocycles. The molecule has 0 atom stereocenters. The van der Waals surface area contributed by atoms with Crippen molar-refractivity contribution in [3.05, 3.63) is 47.8 Å². The highest BCUT2D eigenvalue weighted by Crippen LogP contribution is 2.29. The summed E-state index contributed by atoms with van der Waals surface area (Å²) >= 11 is 0. The highest BCUT2D eigenvalue weighted by Gasteiger charge is 2.29. The number of rotatable bonds is 3. The van der Waals surface area contributed by atoms with Crippen LogP contribution in [0.5, 0.6) is 0 Å². The summed E-state index contributed by atoms with van der Waals surface area (Å²) in [6.07, 6.45) is -1.29. The number of fused-ring (bicyclic) bond motifs is 1. The molecule has 0 saturated carbocycles. The summed E-state index contributed by atoms with van der Waals surface area (Å²) in [4.78, 5) is 3.97. The molecule has 0 aliphatic carbocycles. The van der Waals surface area contributed by atoms with Crippen molar-refractivity contribution in [1.29, 1.82) is 0 Å². The monoisotopic (exact) mass is 294 g/mol. The van der Waals surface area contributed by atoms with E-state index in [9.17, 15) is 13.2 Å². The molecule has 0 amide bonds. The zero-order valence-corrected chi connectivity index (χ0v) is 10.5. The quantitative estimate of drug-likeness (QED) is 0.801. The molecule has 0 unspecified atom stereocenters. The predicted octanol–water partition coefficient (Wildman–Crippen LogP) is 2.15. The van der Waals surface area contributed by atoms with Gasteiger partial charge in [0.25, 0.3) is 0 Å². The molecule has 0 spiro atoms. The number of benzene rings is 1. The topological polar surface area (TPSA) is 68.0 Å². The van der Waals surface area contributed by atoms with Crippen LogP contribution in [0, 0.1) is 0 Å². The van der Waals surface area contributed by atoms with Gasteiger partial charge in [-0.15, -0.1) is 5.10 Å². The molecule has 6 nitrogen and oxygen atoms in total. The third kappa shape index (κ3) is 2.76. The Bertz CT molecular complexity index is 750. The van der Waals surface area contributed by atoms with Gasteiger partial charge in [0.1, 0.15) is 0 Å². The van der Waals surface area contributed by atoms with Crippen LogP contribution in [0.25, 0.3) is 5.65 Å². The summed E-state index contributed by atoms with van der Waals surface area (Å²) in [6.45, 7) is 0.332. The molecule has 1 N–H and O–H groups in total. The van der Waals surface area contributed by atoms with Crippen LogP contribution < -0.4 is 5.32 Å². The van der Waals surface area contributed by atoms with E-state index in [0.717, 1.165) is 12.1 Å². The van der Waals surface area contributed by atoms with Gasteiger partial charge in [0.15, 0.2) is 11.5 Å². The first-order valence-electron chi connectivity index (χ1n) is 5.96. The van der Waals surface area contributed by atoms with E-state index in [4.69, 9.17) is 0 Å². The summed E-state index contributed by atoms with van der Waals surface area (Å²) in [6, 6.07) is 4.94. The Hall–Kier alpha value is -2.71. The lowest BCUT2D eigenvalue weighted by molar-refractivity contribution is -0.137. The molecule has 0 bridgehead atoms. The summed E-state index contributed by atoms with van der Waals surface area (Å²) in [5.74, 6) is 0.553. The summed E-state index contributed by atoms with van der Waals surface area (Å²) in [5.41, 5.74) is 0.510. The number of anilines is 1. The van der Waals surface area contributed by atoms with E-state index in [-0.39, 0.29) is 0 Å². The third-order valence-corrected chi connectivity index (χ3v) is 2.86. The van der Waals surface area contributed by atoms with Gasteiger partial charge in [0.2, 0.25) is 0 Å². The minimum absolute atomic E-state index is 0.332. The van der Waals surface area contributed by atoms with Gasteiger partial charge in [0.05, 0.1) is 18.0 Å². The normalized spacial score (nSPS) is 11.8. The zero-order valence-electron chi connectivity index (χ0n) is 10.5. The van der Waals surface area contributed by atoms with Crippen LogP contribution in [0.3, 0.4) is 0 Å². The van der Waals surface area contributed by atoms with Crippen LogP contribution in [0.4, 0.5) is 19.0 Å². The maximum atomic E-state index is 12.5. The number of halogens is 3. The fraction of sp³-hybridized carbons (Fsp3) is 0.167. The lowest BCUT2D eigenvalue weighted by Gasteiger charge is -2.09. The first kappa shape index (κ1) is 13.3. The van der Waals surface area contributed by atoms with Gasteiger partial charge in [-0.2, -0.15) is 17.7 Å². The first-order valence-corrected chi connectivity index (χ1v) is 5.96. The fourth-order valence-corrected chi connectivity index (χ4v) is 1.80. The predicted molar refractivity (Wildman–Crippen MR) is 67.3 cm³/mol. The minimum atomic E-state index is -4.33. The molecule has 9 heteroatoms. The van der Waals surface area contributed by atoms with Crippen LogP contribution in [0.2, 0.25) is 0 Å². The number of hydrogen-bond acceptors (Lipinski definition) is 5. The van der Waals surface area contributed by atoms with E-state index in [1.54, 1.807) is 0 Å². The maximum absolute atomic E-state index is 12.5. The van der Waals surface area contributed by atoms with E-state index in [1.807, 2.05) is 0 Å². The van der Waals surface area contributed by atoms with Gasteiger partial charge < -0.3 is 5.32 Å². The van der Waals surface area contributed by atoms with Crippen LogP contribution >= 0.6 is 0 Å². The van der Waals surface area contributed by atoms with Crippen LogP contribution in [0.1, 0.15) is 11.1 Å². The summed E-state index contributed by atoms with van der Waals surface area (Å²) in [7, 11) is 0. The Balaban J connectivity index is 1.74. The minimum Gasteiger partial charge on any atom is -0.365 e. The van der Waals surface area contributed by atoms with Crippen molar-refractivity contribution < 1.29 is 13.2 Å². The molecule has 0 aliphatic heterocycles. The van der Waals surface area contributed by atoms with Crippen molar-refractivity contribution in [2.75, 3.05) is 5.32 Å². The molecular weight excluding hydrogens is 285 g/mol. The molecule has 0 saturated heterocycles. The standard InChI is InChI=1S/C12H9F3N6/c13-12(14,15)9-3-1-8(2-4-9)5-17-10-6-16-7-11-18-19-20-21(10)11/h1-4,6-7,17H,5H2. The second-order valence-electron chi connectivity index (χ2n) is 4.29. The van der Waals surface area contributed by atoms with Crippen molar-refractivity contribution in [2.24, 2.45) is 0 Å². The number of tetrazole rings is 1. The molecule has 21 heavy (non-hydrogen) atoms. The Morgan fingerprint density at radius 1 is 1.10 bits per heavy atom. The molecule has 0 radical (unpaired) electrons. The van der Waals surface area contributed by atoms with Crippen molar-refractivity contribution in [2.45, 2.75) is 12.7 Å². The number of hydrogen-bond donors (Lipinski definition) is 1. The van der Waals surface area contributed by atoms with Crippen molar-refractivity contribution in [1.82, 2.24) is 25.0 Å². The molecule has 1 aromatic carbocycles. The van der Waals surface area contributed by atoms with Gasteiger partial charge in [0, 0.05) is 6.54 Å². The summed E-state index contributed by atoms with van der Waals surface area (Å²) in [5, 5.41) is 14.1. The average molecular weight is 294 g/mol. The van der Waals surface area contributed by atoms with E-state index >= 15 is 0 Å². The van der Waals surface area contributed by atoms with Crippen molar-refractivity contribution in [3.63, 3.8) is 0 Å². The molecular formula is C12H9F3N6. The highest BCUT2D eigenvalue weighted by atomic mass is 19.4. The van der Waals surface area contributed by atoms with Crippen LogP contribution in [-0.4, -0.2) is 25.0 Å². The Morgan fingerprint density at radius 3 is 2.57 bits per heavy atom. The van der Waals surface area contributed by atoms with E-state index in [1.165, 1.54) is 29.0 Å². The number of alkyl halides is 3. The SMILES string of the molecule is FC(F)(F)c1ccc(CNc2cncc3nnnn23)cc1. The van der Waals surface area contributed by atoms with Crippen LogP contribution in [0.15, 0.2) is 36.7 Å². The van der Waals surface area contributed by atoms with Gasteiger partial charge >= 0.3 is 6.18 Å². The molecule has 3 aromatic rings. The molecule has 108 valence electrons. The lowest BCUT2D eigenvalue weighted by atomic mass is 10.1. The molecule has 2 aromatic heterocycles. The van der Waals surface area contributed by atoms with E-state index in [2.05, 4.69) is 25.8 Å². The smallest absolute Gasteiger partial charge is 0.365 e. The Morgan fingerprint density at radius 2 is 1.86 bits per heavy atom. The number of aromatic nitrogens is 5. The molecule has 0 fully saturated rings. The van der Waals surface area contributed by atoms with Crippen molar-refractivity contribution >= 4 is 11.5 Å². The molecule has 0 aliphatic rings. The molecule has 3 rings (SSSR count). The summed E-state index contributed by atoms with van der Waals surface area (Å²) < 4.78 is 38.8. The van der Waals surface area contributed by atoms with Gasteiger partial charge in [-0.3, -0.25) is 4.98 Å². The first-order chi connectivity index (χ1) is 10.0. The van der Waals surface area contributed by atoms with E-state index in [0.29, 0.717) is 23.6 Å². The zero-order chi connectivity index (χ0) is 14.9.